The van der Waals surface area contributed by atoms with Crippen molar-refractivity contribution < 1.29 is 63.5 Å². The van der Waals surface area contributed by atoms with Gasteiger partial charge in [-0.2, -0.15) is 0 Å². The molecule has 436 valence electrons. The third-order valence-corrected chi connectivity index (χ3v) is 17.1. The topological polar surface area (TPSA) is 276 Å². The van der Waals surface area contributed by atoms with E-state index >= 15 is 0 Å². The van der Waals surface area contributed by atoms with E-state index in [4.69, 9.17) is 20.3 Å². The number of halogens is 1. The first-order chi connectivity index (χ1) is 36.0. The highest BCUT2D eigenvalue weighted by Gasteiger charge is 2.55. The summed E-state index contributed by atoms with van der Waals surface area (Å²) in [5.74, 6) is -2.14. The highest BCUT2D eigenvalue weighted by Crippen LogP contribution is 2.37. The Labute approximate surface area is 487 Å². The average Bonchev–Trinajstić information content (AvgIpc) is 3.99. The van der Waals surface area contributed by atoms with Crippen molar-refractivity contribution in [1.82, 2.24) is 33.6 Å². The largest absolute Gasteiger partial charge is 0.481 e. The van der Waals surface area contributed by atoms with E-state index in [1.54, 1.807) is 11.6 Å². The summed E-state index contributed by atoms with van der Waals surface area (Å²) in [4.78, 5) is 80.8. The maximum absolute atomic E-state index is 12.7. The molecule has 0 aromatic heterocycles. The van der Waals surface area contributed by atoms with Crippen LogP contribution in [0.1, 0.15) is 65.0 Å². The van der Waals surface area contributed by atoms with Crippen molar-refractivity contribution in [3.8, 4) is 0 Å². The molecular formula is C51H82IN8O13P5. The molecule has 0 radical (unpaired) electrons. The molecule has 7 saturated heterocycles. The predicted octanol–water partition coefficient (Wildman–Crippen LogP) is 2.81. The lowest BCUT2D eigenvalue weighted by atomic mass is 9.82. The Morgan fingerprint density at radius 2 is 1.18 bits per heavy atom. The van der Waals surface area contributed by atoms with Crippen molar-refractivity contribution in [2.24, 2.45) is 29.4 Å². The number of carboxylic acids is 1. The van der Waals surface area contributed by atoms with Crippen LogP contribution in [0.15, 0.2) is 60.7 Å². The zero-order chi connectivity index (χ0) is 57.2. The summed E-state index contributed by atoms with van der Waals surface area (Å²) in [6, 6.07) is 19.5. The van der Waals surface area contributed by atoms with Crippen molar-refractivity contribution in [1.29, 1.82) is 0 Å². The molecule has 10 rings (SSSR count). The third-order valence-electron chi connectivity index (χ3n) is 15.3. The molecule has 8 fully saturated rings. The third kappa shape index (κ3) is 18.1. The number of benzene rings is 2. The van der Waals surface area contributed by atoms with Gasteiger partial charge in [-0.05, 0) is 57.1 Å². The normalized spacial score (nSPS) is 26.3. The first-order valence-corrected chi connectivity index (χ1v) is 28.4. The molecule has 21 nitrogen and oxygen atoms in total. The van der Waals surface area contributed by atoms with Gasteiger partial charge in [0.25, 0.3) is 0 Å². The fourth-order valence-electron chi connectivity index (χ4n) is 9.95. The average molecular weight is 1300 g/mol. The molecule has 6 unspecified atom stereocenters. The van der Waals surface area contributed by atoms with Gasteiger partial charge >= 0.3 is 18.2 Å². The molecule has 78 heavy (non-hydrogen) atoms. The number of amides is 3. The van der Waals surface area contributed by atoms with Gasteiger partial charge in [-0.3, -0.25) is 47.3 Å². The number of Topliss-reactive ketones (excluding diaryl/α,β-unsaturated/α-hetero) is 3. The number of cyclic esters (lactones) is 1. The van der Waals surface area contributed by atoms with Gasteiger partial charge in [0.1, 0.15) is 35.0 Å². The Balaban J connectivity index is 0.000000212. The predicted molar refractivity (Wildman–Crippen MR) is 322 cm³/mol. The molecule has 7 heterocycles. The number of nitrogens with one attached hydrogen (secondary N) is 1. The number of carbonyl (C=O) groups is 7. The second-order valence-corrected chi connectivity index (χ2v) is 25.3. The number of nitrogens with two attached hydrogens (primary N) is 1. The molecule has 1 spiro atoms. The van der Waals surface area contributed by atoms with E-state index in [1.807, 2.05) is 83.3 Å². The van der Waals surface area contributed by atoms with Crippen molar-refractivity contribution >= 4 is 112 Å². The van der Waals surface area contributed by atoms with Crippen molar-refractivity contribution in [2.75, 3.05) is 72.1 Å². The zero-order valence-corrected chi connectivity index (χ0v) is 53.3. The van der Waals surface area contributed by atoms with Gasteiger partial charge in [0.2, 0.25) is 5.91 Å². The number of hydrogen-bond acceptors (Lipinski definition) is 18. The van der Waals surface area contributed by atoms with E-state index in [9.17, 15) is 48.9 Å². The Kier molecular flexibility index (Phi) is 26.0. The van der Waals surface area contributed by atoms with E-state index < -0.39 is 40.7 Å². The number of β-amino-alcohol motifs (C(OH)–C–C–N with tert-alkyl or cyclic N) is 3. The van der Waals surface area contributed by atoms with Gasteiger partial charge < -0.3 is 41.0 Å². The molecule has 1 saturated carbocycles. The molecule has 7 aliphatic heterocycles. The van der Waals surface area contributed by atoms with Crippen LogP contribution >= 0.6 is 70.9 Å². The Bertz CT molecular complexity index is 2360. The van der Waals surface area contributed by atoms with Gasteiger partial charge in [0.05, 0.1) is 42.9 Å². The van der Waals surface area contributed by atoms with Gasteiger partial charge in [0, 0.05) is 71.2 Å². The number of rotatable bonds is 11. The van der Waals surface area contributed by atoms with Crippen LogP contribution in [0.4, 0.5) is 9.59 Å². The SMILES string of the molecule is CCC(=O)C1C(=O)CC[C@H]1Cc1ccccc1.C[C@@H]1NC(=O)OC12CN(P)C2.C[C@H](C(=O)N1C(=O)OC[C@H]1Cc1ccccc1)C1(O)CN(P)C1.C[C@H](C(=O)O)C1(O)CN(P)C1.C[C@H](N)C1(O)CN(P)C1.I.O=C1CN(P)C1. The maximum Gasteiger partial charge on any atom is 0.416 e. The first kappa shape index (κ1) is 68.2. The number of aliphatic carboxylic acids is 1. The number of carbonyl (C=O) groups excluding carboxylic acids is 6. The standard InChI is InChI=1S/C16H21N2O4P.C15H18O2.C6H11N2O2P.C6H12NO3P.C5H13N2OP.C3H6NOP.HI/c1-11(16(21)9-17(23)10-16)14(19)18-13(8-22-15(18)20)7-12-5-3-2-4-6-12;1-2-13(16)15-12(8-9-14(15)17)10-11-6-4-3-5-7-11;1-4-6(2-8(11)3-6)10-5(9)7-4;1-4(5(8)9)6(10)2-7(11)3-6;1-4(6)5(8)2-7(9)3-5;5-3-1-4(6)2-3;/h2-6,11,13,21H,7-10,23H2,1H3;3-7,12,15H,2,8-10H2,1H3;4H,2-3,11H2,1H3,(H,7,9);4,10H,2-3,11H2,1H3,(H,8,9);4,8H,2-3,6,9H2,1H3;1-2,6H2;1H/t11-,13-;12-,15?;3*4-;;/m10010../s1. The number of hydrogen-bond donors (Lipinski definition) is 6. The maximum atomic E-state index is 12.7. The summed E-state index contributed by atoms with van der Waals surface area (Å²) in [6.45, 7) is 14.9. The van der Waals surface area contributed by atoms with Crippen LogP contribution in [-0.2, 0) is 46.3 Å². The Morgan fingerprint density at radius 1 is 0.718 bits per heavy atom. The fraction of sp³-hybridized carbons (Fsp3) is 0.627. The summed E-state index contributed by atoms with van der Waals surface area (Å²) < 4.78 is 19.8. The lowest BCUT2D eigenvalue weighted by Gasteiger charge is -2.47. The highest BCUT2D eigenvalue weighted by atomic mass is 127. The van der Waals surface area contributed by atoms with Crippen molar-refractivity contribution in [3.63, 3.8) is 0 Å². The van der Waals surface area contributed by atoms with E-state index in [0.717, 1.165) is 31.5 Å². The smallest absolute Gasteiger partial charge is 0.416 e. The monoisotopic (exact) mass is 1300 g/mol. The number of carboxylic acid groups (broad SMARTS) is 1. The van der Waals surface area contributed by atoms with Crippen LogP contribution in [0.25, 0.3) is 0 Å². The molecule has 2 aromatic carbocycles. The van der Waals surface area contributed by atoms with Crippen LogP contribution in [0.5, 0.6) is 0 Å². The molecule has 8 aliphatic rings. The summed E-state index contributed by atoms with van der Waals surface area (Å²) in [6.07, 6.45) is 2.42. The molecule has 1 aliphatic carbocycles. The summed E-state index contributed by atoms with van der Waals surface area (Å²) >= 11 is 0. The van der Waals surface area contributed by atoms with Gasteiger partial charge in [-0.15, -0.1) is 24.0 Å². The van der Waals surface area contributed by atoms with E-state index in [1.165, 1.54) is 17.4 Å². The fourth-order valence-corrected chi connectivity index (χ4v) is 12.9. The quantitative estimate of drug-likeness (QED) is 0.107. The van der Waals surface area contributed by atoms with E-state index in [-0.39, 0.29) is 89.7 Å². The molecular weight excluding hydrogens is 1210 g/mol. The van der Waals surface area contributed by atoms with Gasteiger partial charge in [0.15, 0.2) is 11.4 Å². The minimum Gasteiger partial charge on any atom is -0.481 e. The lowest BCUT2D eigenvalue weighted by Crippen LogP contribution is -2.65. The van der Waals surface area contributed by atoms with Crippen LogP contribution in [0.3, 0.4) is 0 Å². The van der Waals surface area contributed by atoms with Gasteiger partial charge in [-0.25, -0.2) is 14.5 Å². The zero-order valence-electron chi connectivity index (χ0n) is 45.1. The number of ether oxygens (including phenoxy) is 2. The van der Waals surface area contributed by atoms with Crippen LogP contribution in [0, 0.1) is 23.7 Å². The minimum absolute atomic E-state index is 0. The second-order valence-electron chi connectivity index (χ2n) is 21.6. The number of imide groups is 1. The number of aliphatic hydroxyl groups is 3. The van der Waals surface area contributed by atoms with Crippen molar-refractivity contribution in [2.45, 2.75) is 107 Å². The molecule has 27 heteroatoms. The molecule has 0 bridgehead atoms. The van der Waals surface area contributed by atoms with Gasteiger partial charge in [-0.1, -0.05) is 121 Å². The molecule has 3 amide bonds. The molecule has 7 N–H and O–H groups in total. The van der Waals surface area contributed by atoms with E-state index in [0.29, 0.717) is 77.4 Å². The summed E-state index contributed by atoms with van der Waals surface area (Å²) in [5.41, 5.74) is 4.81. The molecule has 2 aromatic rings. The lowest BCUT2D eigenvalue weighted by molar-refractivity contribution is -0.160. The van der Waals surface area contributed by atoms with Crippen LogP contribution in [-0.4, -0.2) is 203 Å². The minimum atomic E-state index is -1.08. The van der Waals surface area contributed by atoms with Crippen molar-refractivity contribution in [3.05, 3.63) is 71.8 Å². The first-order valence-electron chi connectivity index (χ1n) is 25.8. The summed E-state index contributed by atoms with van der Waals surface area (Å²) in [7, 11) is 12.5. The number of nitrogens with zero attached hydrogens (tertiary/aromatic N) is 6. The molecule has 12 atom stereocenters. The Hall–Kier alpha value is -2.35. The van der Waals surface area contributed by atoms with Crippen LogP contribution < -0.4 is 11.1 Å². The Morgan fingerprint density at radius 3 is 1.55 bits per heavy atom. The number of ketones is 3. The summed E-state index contributed by atoms with van der Waals surface area (Å²) in [5, 5.41) is 40.9. The van der Waals surface area contributed by atoms with Crippen LogP contribution in [0.2, 0.25) is 0 Å². The highest BCUT2D eigenvalue weighted by molar-refractivity contribution is 14.0. The number of alkyl carbamates (subject to hydrolysis) is 1. The second kappa shape index (κ2) is 29.8. The van der Waals surface area contributed by atoms with E-state index in [2.05, 4.69) is 69.1 Å².